The fourth-order valence-corrected chi connectivity index (χ4v) is 2.36. The molecule has 20 heavy (non-hydrogen) atoms. The van der Waals surface area contributed by atoms with Gasteiger partial charge in [-0.25, -0.2) is 9.48 Å². The van der Waals surface area contributed by atoms with Gasteiger partial charge < -0.3 is 5.11 Å². The smallest absolute Gasteiger partial charge is 0.377 e. The zero-order valence-corrected chi connectivity index (χ0v) is 11.9. The maximum absolute atomic E-state index is 11.7. The Morgan fingerprint density at radius 1 is 1.15 bits per heavy atom. The highest BCUT2D eigenvalue weighted by Gasteiger charge is 2.24. The maximum atomic E-state index is 11.7. The molecule has 0 fully saturated rings. The summed E-state index contributed by atoms with van der Waals surface area (Å²) in [4.78, 5) is 22.6. The van der Waals surface area contributed by atoms with Crippen molar-refractivity contribution in [3.05, 3.63) is 46.3 Å². The molecule has 5 heteroatoms. The summed E-state index contributed by atoms with van der Waals surface area (Å²) in [5, 5.41) is 13.2. The minimum absolute atomic E-state index is 0.164. The number of carboxylic acid groups (broad SMARTS) is 1. The number of rotatable bonds is 3. The molecular formula is C15H16N2O3. The monoisotopic (exact) mass is 272 g/mol. The maximum Gasteiger partial charge on any atom is 0.377 e. The molecule has 0 atom stereocenters. The normalized spacial score (nSPS) is 10.6. The number of aromatic nitrogens is 2. The molecule has 0 aliphatic rings. The number of benzene rings is 1. The van der Waals surface area contributed by atoms with E-state index in [1.807, 2.05) is 32.0 Å². The minimum atomic E-state index is -1.46. The largest absolute Gasteiger partial charge is 0.475 e. The fraction of sp³-hybridized carbons (Fsp3) is 0.267. The zero-order valence-electron chi connectivity index (χ0n) is 11.9. The lowest BCUT2D eigenvalue weighted by Crippen LogP contribution is -2.14. The molecule has 0 amide bonds. The number of nitrogens with zero attached hydrogens (tertiary/aromatic N) is 2. The van der Waals surface area contributed by atoms with Crippen LogP contribution in [0.2, 0.25) is 0 Å². The predicted molar refractivity (Wildman–Crippen MR) is 74.5 cm³/mol. The molecule has 0 saturated heterocycles. The fourth-order valence-electron chi connectivity index (χ4n) is 2.36. The van der Waals surface area contributed by atoms with E-state index in [1.165, 1.54) is 0 Å². The van der Waals surface area contributed by atoms with Crippen molar-refractivity contribution in [2.75, 3.05) is 0 Å². The average Bonchev–Trinajstić information content (AvgIpc) is 2.64. The van der Waals surface area contributed by atoms with Crippen molar-refractivity contribution in [3.63, 3.8) is 0 Å². The van der Waals surface area contributed by atoms with Crippen LogP contribution in [-0.4, -0.2) is 26.6 Å². The predicted octanol–water partition coefficient (Wildman–Crippen LogP) is 2.37. The molecule has 0 bridgehead atoms. The van der Waals surface area contributed by atoms with E-state index in [0.717, 1.165) is 16.8 Å². The highest BCUT2D eigenvalue weighted by Crippen LogP contribution is 2.21. The van der Waals surface area contributed by atoms with Gasteiger partial charge in [-0.1, -0.05) is 17.7 Å². The molecule has 0 saturated carbocycles. The van der Waals surface area contributed by atoms with Crippen LogP contribution in [0, 0.1) is 27.7 Å². The van der Waals surface area contributed by atoms with Gasteiger partial charge in [0.2, 0.25) is 0 Å². The lowest BCUT2D eigenvalue weighted by atomic mass is 10.1. The van der Waals surface area contributed by atoms with Crippen LogP contribution in [-0.2, 0) is 4.79 Å². The number of carbonyl (C=O) groups is 2. The van der Waals surface area contributed by atoms with Gasteiger partial charge in [0.15, 0.2) is 0 Å². The quantitative estimate of drug-likeness (QED) is 0.687. The first-order valence-electron chi connectivity index (χ1n) is 6.24. The van der Waals surface area contributed by atoms with Crippen LogP contribution in [0.1, 0.15) is 32.9 Å². The van der Waals surface area contributed by atoms with Gasteiger partial charge in [0.1, 0.15) is 0 Å². The molecule has 0 unspecified atom stereocenters. The van der Waals surface area contributed by atoms with E-state index in [0.29, 0.717) is 11.4 Å². The second-order valence-corrected chi connectivity index (χ2v) is 4.88. The van der Waals surface area contributed by atoms with E-state index < -0.39 is 11.8 Å². The second kappa shape index (κ2) is 4.92. The third kappa shape index (κ3) is 2.22. The molecule has 1 aromatic heterocycles. The highest BCUT2D eigenvalue weighted by atomic mass is 16.4. The lowest BCUT2D eigenvalue weighted by molar-refractivity contribution is -0.131. The molecule has 5 nitrogen and oxygen atoms in total. The molecule has 2 rings (SSSR count). The highest BCUT2D eigenvalue weighted by molar-refractivity contribution is 6.40. The lowest BCUT2D eigenvalue weighted by Gasteiger charge is -2.09. The van der Waals surface area contributed by atoms with Crippen molar-refractivity contribution in [1.82, 2.24) is 9.78 Å². The van der Waals surface area contributed by atoms with E-state index in [-0.39, 0.29) is 5.56 Å². The number of aryl methyl sites for hydroxylation is 3. The van der Waals surface area contributed by atoms with Gasteiger partial charge in [0.05, 0.1) is 22.6 Å². The Labute approximate surface area is 116 Å². The molecule has 1 N–H and O–H groups in total. The van der Waals surface area contributed by atoms with Gasteiger partial charge in [-0.2, -0.15) is 5.10 Å². The van der Waals surface area contributed by atoms with Crippen molar-refractivity contribution < 1.29 is 14.7 Å². The Balaban J connectivity index is 2.63. The van der Waals surface area contributed by atoms with Crippen molar-refractivity contribution in [2.45, 2.75) is 27.7 Å². The first-order valence-corrected chi connectivity index (χ1v) is 6.24. The number of carboxylic acids is 1. The van der Waals surface area contributed by atoms with Crippen LogP contribution in [0.25, 0.3) is 5.69 Å². The van der Waals surface area contributed by atoms with Gasteiger partial charge in [-0.05, 0) is 39.3 Å². The van der Waals surface area contributed by atoms with Crippen molar-refractivity contribution in [2.24, 2.45) is 0 Å². The first-order chi connectivity index (χ1) is 9.32. The zero-order chi connectivity index (χ0) is 15.0. The summed E-state index contributed by atoms with van der Waals surface area (Å²) < 4.78 is 1.63. The van der Waals surface area contributed by atoms with Crippen LogP contribution in [0.4, 0.5) is 0 Å². The Hall–Kier alpha value is -2.43. The van der Waals surface area contributed by atoms with Crippen LogP contribution in [0.5, 0.6) is 0 Å². The Morgan fingerprint density at radius 2 is 1.80 bits per heavy atom. The van der Waals surface area contributed by atoms with E-state index in [9.17, 15) is 9.59 Å². The standard InChI is InChI=1S/C15H16N2O3/c1-8-5-6-12(9(2)7-8)17-11(4)13(10(3)16-17)14(18)15(19)20/h5-7H,1-4H3,(H,19,20). The summed E-state index contributed by atoms with van der Waals surface area (Å²) in [7, 11) is 0. The van der Waals surface area contributed by atoms with Gasteiger partial charge in [0.25, 0.3) is 5.78 Å². The van der Waals surface area contributed by atoms with E-state index in [4.69, 9.17) is 5.11 Å². The number of ketones is 1. The van der Waals surface area contributed by atoms with Gasteiger partial charge in [-0.3, -0.25) is 4.79 Å². The third-order valence-corrected chi connectivity index (χ3v) is 3.29. The number of hydrogen-bond acceptors (Lipinski definition) is 3. The van der Waals surface area contributed by atoms with Crippen molar-refractivity contribution in [3.8, 4) is 5.69 Å². The number of carbonyl (C=O) groups excluding carboxylic acids is 1. The number of hydrogen-bond donors (Lipinski definition) is 1. The molecule has 1 heterocycles. The summed E-state index contributed by atoms with van der Waals surface area (Å²) in [6.45, 7) is 7.30. The third-order valence-electron chi connectivity index (χ3n) is 3.29. The van der Waals surface area contributed by atoms with Gasteiger partial charge >= 0.3 is 5.97 Å². The molecule has 0 aliphatic carbocycles. The van der Waals surface area contributed by atoms with E-state index >= 15 is 0 Å². The summed E-state index contributed by atoms with van der Waals surface area (Å²) >= 11 is 0. The topological polar surface area (TPSA) is 72.2 Å². The van der Waals surface area contributed by atoms with Crippen LogP contribution in [0.3, 0.4) is 0 Å². The average molecular weight is 272 g/mol. The van der Waals surface area contributed by atoms with Crippen molar-refractivity contribution in [1.29, 1.82) is 0 Å². The summed E-state index contributed by atoms with van der Waals surface area (Å²) in [6, 6.07) is 5.89. The number of aliphatic carboxylic acids is 1. The Morgan fingerprint density at radius 3 is 2.35 bits per heavy atom. The van der Waals surface area contributed by atoms with Crippen molar-refractivity contribution >= 4 is 11.8 Å². The Kier molecular flexibility index (Phi) is 3.44. The molecule has 0 spiro atoms. The van der Waals surface area contributed by atoms with E-state index in [2.05, 4.69) is 5.10 Å². The SMILES string of the molecule is Cc1ccc(-n2nc(C)c(C(=O)C(=O)O)c2C)c(C)c1. The minimum Gasteiger partial charge on any atom is -0.475 e. The number of Topliss-reactive ketones (excluding diaryl/α,β-unsaturated/α-hetero) is 1. The van der Waals surface area contributed by atoms with E-state index in [1.54, 1.807) is 18.5 Å². The van der Waals surface area contributed by atoms with Crippen LogP contribution in [0.15, 0.2) is 18.2 Å². The Bertz CT molecular complexity index is 714. The molecule has 0 aliphatic heterocycles. The molecule has 0 radical (unpaired) electrons. The molecule has 1 aromatic carbocycles. The first kappa shape index (κ1) is 14.0. The summed E-state index contributed by atoms with van der Waals surface area (Å²) in [5.41, 5.74) is 4.13. The van der Waals surface area contributed by atoms with Gasteiger partial charge in [0, 0.05) is 0 Å². The van der Waals surface area contributed by atoms with Crippen LogP contribution < -0.4 is 0 Å². The van der Waals surface area contributed by atoms with Gasteiger partial charge in [-0.15, -0.1) is 0 Å². The van der Waals surface area contributed by atoms with Crippen LogP contribution >= 0.6 is 0 Å². The summed E-state index contributed by atoms with van der Waals surface area (Å²) in [5.74, 6) is -2.38. The second-order valence-electron chi connectivity index (χ2n) is 4.88. The molecular weight excluding hydrogens is 256 g/mol. The summed E-state index contributed by atoms with van der Waals surface area (Å²) in [6.07, 6.45) is 0. The molecule has 2 aromatic rings. The molecule has 104 valence electrons.